The van der Waals surface area contributed by atoms with Crippen molar-refractivity contribution in [1.29, 1.82) is 0 Å². The first-order valence-electron chi connectivity index (χ1n) is 6.89. The lowest BCUT2D eigenvalue weighted by Crippen LogP contribution is -2.35. The molecule has 1 heterocycles. The Balaban J connectivity index is 2.76. The lowest BCUT2D eigenvalue weighted by atomic mass is 10.3. The van der Waals surface area contributed by atoms with Crippen LogP contribution in [0.5, 0.6) is 0 Å². The van der Waals surface area contributed by atoms with Gasteiger partial charge in [-0.25, -0.2) is 13.1 Å². The van der Waals surface area contributed by atoms with E-state index in [0.717, 1.165) is 30.1 Å². The fraction of sp³-hybridized carbons (Fsp3) is 0.692. The van der Waals surface area contributed by atoms with Gasteiger partial charge in [-0.05, 0) is 38.0 Å². The highest BCUT2D eigenvalue weighted by atomic mass is 32.2. The largest absolute Gasteiger partial charge is 0.315 e. The van der Waals surface area contributed by atoms with E-state index < -0.39 is 10.0 Å². The Morgan fingerprint density at radius 1 is 1.30 bits per heavy atom. The molecular weight excluding hydrogens is 294 g/mol. The molecule has 20 heavy (non-hydrogen) atoms. The molecule has 1 rings (SSSR count). The van der Waals surface area contributed by atoms with E-state index in [2.05, 4.69) is 28.8 Å². The van der Waals surface area contributed by atoms with E-state index >= 15 is 0 Å². The highest BCUT2D eigenvalue weighted by molar-refractivity contribution is 7.89. The SMILES string of the molecule is CCN(CC)CCNS(=O)(=O)c1c(C)csc1CNC. The number of likely N-dealkylation sites (N-methyl/N-ethyl adjacent to an activating group) is 1. The van der Waals surface area contributed by atoms with Crippen LogP contribution in [0.3, 0.4) is 0 Å². The van der Waals surface area contributed by atoms with Gasteiger partial charge < -0.3 is 10.2 Å². The Kier molecular flexibility index (Phi) is 7.11. The van der Waals surface area contributed by atoms with Gasteiger partial charge in [0.25, 0.3) is 0 Å². The molecule has 0 spiro atoms. The van der Waals surface area contributed by atoms with Crippen LogP contribution in [-0.4, -0.2) is 46.5 Å². The van der Waals surface area contributed by atoms with Crippen LogP contribution in [0.15, 0.2) is 10.3 Å². The zero-order valence-electron chi connectivity index (χ0n) is 12.7. The number of hydrogen-bond donors (Lipinski definition) is 2. The molecule has 1 aromatic rings. The monoisotopic (exact) mass is 319 g/mol. The maximum atomic E-state index is 12.4. The highest BCUT2D eigenvalue weighted by Gasteiger charge is 2.22. The van der Waals surface area contributed by atoms with E-state index in [4.69, 9.17) is 0 Å². The summed E-state index contributed by atoms with van der Waals surface area (Å²) in [4.78, 5) is 3.49. The molecule has 7 heteroatoms. The average molecular weight is 319 g/mol. The van der Waals surface area contributed by atoms with Gasteiger partial charge in [0.05, 0.1) is 0 Å². The fourth-order valence-corrected chi connectivity index (χ4v) is 4.92. The van der Waals surface area contributed by atoms with Crippen LogP contribution in [0.4, 0.5) is 0 Å². The molecule has 0 aliphatic rings. The van der Waals surface area contributed by atoms with E-state index in [9.17, 15) is 8.42 Å². The normalized spacial score (nSPS) is 12.2. The third kappa shape index (κ3) is 4.53. The van der Waals surface area contributed by atoms with E-state index in [-0.39, 0.29) is 0 Å². The number of aryl methyl sites for hydroxylation is 1. The summed E-state index contributed by atoms with van der Waals surface area (Å²) in [5.41, 5.74) is 0.815. The van der Waals surface area contributed by atoms with E-state index in [1.54, 1.807) is 0 Å². The third-order valence-corrected chi connectivity index (χ3v) is 6.13. The molecule has 116 valence electrons. The van der Waals surface area contributed by atoms with Crippen LogP contribution in [0, 0.1) is 6.92 Å². The molecule has 0 bridgehead atoms. The van der Waals surface area contributed by atoms with Crippen LogP contribution in [-0.2, 0) is 16.6 Å². The Morgan fingerprint density at radius 2 is 1.95 bits per heavy atom. The lowest BCUT2D eigenvalue weighted by Gasteiger charge is -2.18. The van der Waals surface area contributed by atoms with Crippen LogP contribution < -0.4 is 10.0 Å². The molecule has 5 nitrogen and oxygen atoms in total. The second-order valence-corrected chi connectivity index (χ2v) is 7.29. The van der Waals surface area contributed by atoms with Crippen molar-refractivity contribution in [2.24, 2.45) is 0 Å². The van der Waals surface area contributed by atoms with Crippen LogP contribution in [0.2, 0.25) is 0 Å². The van der Waals surface area contributed by atoms with Crippen molar-refractivity contribution < 1.29 is 8.42 Å². The second-order valence-electron chi connectivity index (χ2n) is 4.63. The van der Waals surface area contributed by atoms with E-state index in [1.165, 1.54) is 11.3 Å². The van der Waals surface area contributed by atoms with Gasteiger partial charge in [0.15, 0.2) is 0 Å². The smallest absolute Gasteiger partial charge is 0.242 e. The summed E-state index contributed by atoms with van der Waals surface area (Å²) in [5.74, 6) is 0. The van der Waals surface area contributed by atoms with Crippen molar-refractivity contribution in [2.75, 3.05) is 33.2 Å². The van der Waals surface area contributed by atoms with Crippen molar-refractivity contribution >= 4 is 21.4 Å². The molecule has 0 radical (unpaired) electrons. The van der Waals surface area contributed by atoms with Gasteiger partial charge in [-0.15, -0.1) is 11.3 Å². The topological polar surface area (TPSA) is 61.4 Å². The highest BCUT2D eigenvalue weighted by Crippen LogP contribution is 2.26. The summed E-state index contributed by atoms with van der Waals surface area (Å²) in [6.07, 6.45) is 0. The molecule has 0 aliphatic heterocycles. The molecule has 0 fully saturated rings. The quantitative estimate of drug-likeness (QED) is 0.722. The third-order valence-electron chi connectivity index (χ3n) is 3.21. The van der Waals surface area contributed by atoms with Crippen molar-refractivity contribution in [3.8, 4) is 0 Å². The molecule has 0 atom stereocenters. The molecule has 0 aliphatic carbocycles. The maximum absolute atomic E-state index is 12.4. The second kappa shape index (κ2) is 8.09. The molecule has 0 saturated carbocycles. The summed E-state index contributed by atoms with van der Waals surface area (Å²) in [5, 5.41) is 4.91. The molecule has 0 saturated heterocycles. The number of sulfonamides is 1. The van der Waals surface area contributed by atoms with Gasteiger partial charge in [-0.3, -0.25) is 0 Å². The van der Waals surface area contributed by atoms with Crippen molar-refractivity contribution in [2.45, 2.75) is 32.2 Å². The first-order valence-corrected chi connectivity index (χ1v) is 9.26. The van der Waals surface area contributed by atoms with E-state index in [0.29, 0.717) is 18.0 Å². The van der Waals surface area contributed by atoms with Crippen LogP contribution >= 0.6 is 11.3 Å². The number of nitrogens with zero attached hydrogens (tertiary/aromatic N) is 1. The Morgan fingerprint density at radius 3 is 2.50 bits per heavy atom. The molecule has 2 N–H and O–H groups in total. The first-order chi connectivity index (χ1) is 9.46. The standard InChI is InChI=1S/C13H25N3O2S2/c1-5-16(6-2)8-7-15-20(17,18)13-11(3)10-19-12(13)9-14-4/h10,14-15H,5-9H2,1-4H3. The number of rotatable bonds is 9. The Labute approximate surface area is 126 Å². The average Bonchev–Trinajstić information content (AvgIpc) is 2.77. The minimum atomic E-state index is -3.42. The number of thiophene rings is 1. The minimum Gasteiger partial charge on any atom is -0.315 e. The lowest BCUT2D eigenvalue weighted by molar-refractivity contribution is 0.309. The molecular formula is C13H25N3O2S2. The molecule has 0 unspecified atom stereocenters. The van der Waals surface area contributed by atoms with Gasteiger partial charge in [-0.2, -0.15) is 0 Å². The molecule has 0 aromatic carbocycles. The predicted octanol–water partition coefficient (Wildman–Crippen LogP) is 1.40. The summed E-state index contributed by atoms with van der Waals surface area (Å²) in [6, 6.07) is 0. The zero-order valence-corrected chi connectivity index (χ0v) is 14.3. The van der Waals surface area contributed by atoms with Crippen LogP contribution in [0.25, 0.3) is 0 Å². The van der Waals surface area contributed by atoms with Crippen molar-refractivity contribution in [1.82, 2.24) is 14.9 Å². The Bertz CT molecular complexity index is 508. The van der Waals surface area contributed by atoms with Crippen molar-refractivity contribution in [3.63, 3.8) is 0 Å². The summed E-state index contributed by atoms with van der Waals surface area (Å²) in [6.45, 7) is 9.61. The Hall–Kier alpha value is -0.470. The van der Waals surface area contributed by atoms with Gasteiger partial charge >= 0.3 is 0 Å². The summed E-state index contributed by atoms with van der Waals surface area (Å²) < 4.78 is 27.5. The first kappa shape index (κ1) is 17.6. The van der Waals surface area contributed by atoms with Gasteiger partial charge in [-0.1, -0.05) is 13.8 Å². The molecule has 1 aromatic heterocycles. The van der Waals surface area contributed by atoms with E-state index in [1.807, 2.05) is 19.4 Å². The van der Waals surface area contributed by atoms with Crippen molar-refractivity contribution in [3.05, 3.63) is 15.8 Å². The maximum Gasteiger partial charge on any atom is 0.242 e. The number of hydrogen-bond acceptors (Lipinski definition) is 5. The number of nitrogens with one attached hydrogen (secondary N) is 2. The van der Waals surface area contributed by atoms with Gasteiger partial charge in [0, 0.05) is 24.5 Å². The summed E-state index contributed by atoms with van der Waals surface area (Å²) in [7, 11) is -1.60. The fourth-order valence-electron chi connectivity index (χ4n) is 2.08. The molecule has 0 amide bonds. The van der Waals surface area contributed by atoms with Gasteiger partial charge in [0.1, 0.15) is 4.90 Å². The summed E-state index contributed by atoms with van der Waals surface area (Å²) >= 11 is 1.48. The van der Waals surface area contributed by atoms with Gasteiger partial charge in [0.2, 0.25) is 10.0 Å². The zero-order chi connectivity index (χ0) is 15.2. The van der Waals surface area contributed by atoms with Crippen LogP contribution in [0.1, 0.15) is 24.3 Å². The predicted molar refractivity (Wildman–Crippen MR) is 84.8 cm³/mol. The minimum absolute atomic E-state index is 0.441.